The molecule has 5 nitrogen and oxygen atoms in total. The number of benzene rings is 1. The van der Waals surface area contributed by atoms with E-state index in [2.05, 4.69) is 0 Å². The Morgan fingerprint density at radius 3 is 2.64 bits per heavy atom. The summed E-state index contributed by atoms with van der Waals surface area (Å²) in [5.41, 5.74) is 12.3. The Hall–Kier alpha value is -2.13. The van der Waals surface area contributed by atoms with Crippen molar-refractivity contribution in [1.82, 2.24) is 4.90 Å². The number of hydrogen-bond donors (Lipinski definition) is 2. The fraction of sp³-hybridized carbons (Fsp3) is 0.267. The molecule has 0 atom stereocenters. The van der Waals surface area contributed by atoms with E-state index in [1.807, 2.05) is 0 Å². The highest BCUT2D eigenvalue weighted by Gasteiger charge is 2.42. The Labute approximate surface area is 150 Å². The zero-order valence-corrected chi connectivity index (χ0v) is 14.4. The molecule has 1 aromatic heterocycles. The molecule has 1 heterocycles. The molecular formula is C15H15ClF3N3O2S. The number of alkyl halides is 3. The van der Waals surface area contributed by atoms with Crippen LogP contribution in [0.1, 0.15) is 5.56 Å². The molecule has 2 aromatic rings. The molecule has 10 heteroatoms. The van der Waals surface area contributed by atoms with Gasteiger partial charge in [0.15, 0.2) is 0 Å². The van der Waals surface area contributed by atoms with Gasteiger partial charge in [-0.1, -0.05) is 11.6 Å². The summed E-state index contributed by atoms with van der Waals surface area (Å²) in [5, 5.41) is 3.67. The molecule has 0 saturated heterocycles. The van der Waals surface area contributed by atoms with Gasteiger partial charge in [0.1, 0.15) is 12.4 Å². The van der Waals surface area contributed by atoms with Crippen molar-refractivity contribution in [2.45, 2.75) is 12.7 Å². The lowest BCUT2D eigenvalue weighted by molar-refractivity contribution is -0.186. The molecular weight excluding hydrogens is 379 g/mol. The van der Waals surface area contributed by atoms with Crippen LogP contribution >= 0.6 is 22.9 Å². The lowest BCUT2D eigenvalue weighted by Crippen LogP contribution is -2.42. The van der Waals surface area contributed by atoms with Crippen LogP contribution in [0.3, 0.4) is 0 Å². The molecule has 1 aromatic carbocycles. The SMILES string of the molecule is Nc1cc(Cl)cc(OCCN(Cc2ccsc2)C(=O)C(F)(F)F)c1N. The van der Waals surface area contributed by atoms with Crippen LogP contribution in [0.2, 0.25) is 5.02 Å². The van der Waals surface area contributed by atoms with E-state index in [-0.39, 0.29) is 41.8 Å². The fourth-order valence-electron chi connectivity index (χ4n) is 2.03. The molecule has 0 fully saturated rings. The third-order valence-electron chi connectivity index (χ3n) is 3.24. The highest BCUT2D eigenvalue weighted by molar-refractivity contribution is 7.07. The average Bonchev–Trinajstić information content (AvgIpc) is 3.02. The van der Waals surface area contributed by atoms with Crippen LogP contribution < -0.4 is 16.2 Å². The van der Waals surface area contributed by atoms with Crippen molar-refractivity contribution in [3.05, 3.63) is 39.5 Å². The van der Waals surface area contributed by atoms with Crippen LogP contribution in [-0.4, -0.2) is 30.1 Å². The maximum atomic E-state index is 12.8. The van der Waals surface area contributed by atoms with Crippen LogP contribution in [0.15, 0.2) is 29.0 Å². The largest absolute Gasteiger partial charge is 0.489 e. The monoisotopic (exact) mass is 393 g/mol. The molecule has 25 heavy (non-hydrogen) atoms. The number of halogens is 4. The number of anilines is 2. The first-order valence-electron chi connectivity index (χ1n) is 7.03. The van der Waals surface area contributed by atoms with E-state index < -0.39 is 12.1 Å². The maximum Gasteiger partial charge on any atom is 0.471 e. The Balaban J connectivity index is 2.06. The normalized spacial score (nSPS) is 11.4. The summed E-state index contributed by atoms with van der Waals surface area (Å²) in [5.74, 6) is -1.78. The molecule has 0 spiro atoms. The van der Waals surface area contributed by atoms with Crippen molar-refractivity contribution < 1.29 is 22.7 Å². The predicted octanol–water partition coefficient (Wildman–Crippen LogP) is 3.54. The molecule has 0 unspecified atom stereocenters. The average molecular weight is 394 g/mol. The highest BCUT2D eigenvalue weighted by atomic mass is 35.5. The van der Waals surface area contributed by atoms with E-state index in [1.165, 1.54) is 23.5 Å². The Kier molecular flexibility index (Phi) is 6.02. The van der Waals surface area contributed by atoms with E-state index >= 15 is 0 Å². The van der Waals surface area contributed by atoms with Crippen molar-refractivity contribution in [3.8, 4) is 5.75 Å². The number of nitrogens with zero attached hydrogens (tertiary/aromatic N) is 1. The summed E-state index contributed by atoms with van der Waals surface area (Å²) in [7, 11) is 0. The highest BCUT2D eigenvalue weighted by Crippen LogP contribution is 2.31. The standard InChI is InChI=1S/C15H15ClF3N3O2S/c16-10-5-11(20)13(21)12(6-10)24-3-2-22(14(23)15(17,18)19)7-9-1-4-25-8-9/h1,4-6,8H,2-3,7,20-21H2. The summed E-state index contributed by atoms with van der Waals surface area (Å²) in [4.78, 5) is 12.3. The topological polar surface area (TPSA) is 81.6 Å². The Morgan fingerprint density at radius 1 is 1.32 bits per heavy atom. The van der Waals surface area contributed by atoms with Gasteiger partial charge in [-0.3, -0.25) is 4.79 Å². The third kappa shape index (κ3) is 5.17. The van der Waals surface area contributed by atoms with Gasteiger partial charge >= 0.3 is 12.1 Å². The number of amides is 1. The first kappa shape index (κ1) is 19.2. The molecule has 0 saturated carbocycles. The summed E-state index contributed by atoms with van der Waals surface area (Å²) in [6.07, 6.45) is -4.96. The molecule has 0 bridgehead atoms. The quantitative estimate of drug-likeness (QED) is 0.735. The van der Waals surface area contributed by atoms with Gasteiger partial charge in [0, 0.05) is 17.6 Å². The number of thiophene rings is 1. The van der Waals surface area contributed by atoms with Gasteiger partial charge in [0.05, 0.1) is 17.9 Å². The van der Waals surface area contributed by atoms with Gasteiger partial charge in [-0.2, -0.15) is 24.5 Å². The number of rotatable bonds is 6. The minimum absolute atomic E-state index is 0.135. The van der Waals surface area contributed by atoms with Crippen molar-refractivity contribution >= 4 is 40.2 Å². The second kappa shape index (κ2) is 7.83. The van der Waals surface area contributed by atoms with Crippen molar-refractivity contribution in [2.75, 3.05) is 24.6 Å². The molecule has 136 valence electrons. The van der Waals surface area contributed by atoms with Crippen LogP contribution in [0.5, 0.6) is 5.75 Å². The van der Waals surface area contributed by atoms with Gasteiger partial charge in [0.2, 0.25) is 0 Å². The third-order valence-corrected chi connectivity index (χ3v) is 4.19. The van der Waals surface area contributed by atoms with Crippen LogP contribution in [0, 0.1) is 0 Å². The molecule has 0 radical (unpaired) electrons. The number of carbonyl (C=O) groups excluding carboxylic acids is 1. The minimum atomic E-state index is -4.96. The van der Waals surface area contributed by atoms with E-state index in [0.717, 1.165) is 0 Å². The molecule has 0 aliphatic rings. The zero-order chi connectivity index (χ0) is 18.6. The molecule has 0 aliphatic heterocycles. The summed E-state index contributed by atoms with van der Waals surface area (Å²) in [6.45, 7) is -0.644. The lowest BCUT2D eigenvalue weighted by Gasteiger charge is -2.23. The van der Waals surface area contributed by atoms with Crippen LogP contribution in [-0.2, 0) is 11.3 Å². The second-order valence-corrected chi connectivity index (χ2v) is 6.33. The van der Waals surface area contributed by atoms with E-state index in [4.69, 9.17) is 27.8 Å². The smallest absolute Gasteiger partial charge is 0.471 e. The predicted molar refractivity (Wildman–Crippen MR) is 91.6 cm³/mol. The lowest BCUT2D eigenvalue weighted by atomic mass is 10.2. The first-order chi connectivity index (χ1) is 11.7. The molecule has 1 amide bonds. The molecule has 4 N–H and O–H groups in total. The van der Waals surface area contributed by atoms with Crippen LogP contribution in [0.25, 0.3) is 0 Å². The van der Waals surface area contributed by atoms with E-state index in [1.54, 1.807) is 16.8 Å². The van der Waals surface area contributed by atoms with Gasteiger partial charge in [0.25, 0.3) is 0 Å². The molecule has 2 rings (SSSR count). The summed E-state index contributed by atoms with van der Waals surface area (Å²) < 4.78 is 43.7. The van der Waals surface area contributed by atoms with Crippen molar-refractivity contribution in [1.29, 1.82) is 0 Å². The van der Waals surface area contributed by atoms with Crippen molar-refractivity contribution in [3.63, 3.8) is 0 Å². The Bertz CT molecular complexity index is 738. The number of ether oxygens (including phenoxy) is 1. The van der Waals surface area contributed by atoms with Crippen molar-refractivity contribution in [2.24, 2.45) is 0 Å². The van der Waals surface area contributed by atoms with Gasteiger partial charge in [-0.05, 0) is 28.5 Å². The maximum absolute atomic E-state index is 12.8. The second-order valence-electron chi connectivity index (χ2n) is 5.11. The zero-order valence-electron chi connectivity index (χ0n) is 12.8. The summed E-state index contributed by atoms with van der Waals surface area (Å²) in [6, 6.07) is 4.49. The van der Waals surface area contributed by atoms with Crippen LogP contribution in [0.4, 0.5) is 24.5 Å². The van der Waals surface area contributed by atoms with Gasteiger partial charge in [-0.25, -0.2) is 0 Å². The number of carbonyl (C=O) groups is 1. The number of hydrogen-bond acceptors (Lipinski definition) is 5. The number of nitrogen functional groups attached to an aromatic ring is 2. The van der Waals surface area contributed by atoms with Gasteiger partial charge in [-0.15, -0.1) is 0 Å². The van der Waals surface area contributed by atoms with E-state index in [0.29, 0.717) is 10.5 Å². The molecule has 0 aliphatic carbocycles. The number of nitrogens with two attached hydrogens (primary N) is 2. The Morgan fingerprint density at radius 2 is 2.04 bits per heavy atom. The van der Waals surface area contributed by atoms with Gasteiger partial charge < -0.3 is 21.1 Å². The minimum Gasteiger partial charge on any atom is -0.489 e. The van der Waals surface area contributed by atoms with E-state index in [9.17, 15) is 18.0 Å². The first-order valence-corrected chi connectivity index (χ1v) is 8.35. The fourth-order valence-corrected chi connectivity index (χ4v) is 2.91. The summed E-state index contributed by atoms with van der Waals surface area (Å²) >= 11 is 7.17.